The monoisotopic (exact) mass is 405 g/mol. The first kappa shape index (κ1) is 18.1. The van der Waals surface area contributed by atoms with Gasteiger partial charge in [-0.2, -0.15) is 13.2 Å². The Kier molecular flexibility index (Phi) is 5.33. The number of rotatable bonds is 4. The number of anilines is 1. The molecule has 0 aliphatic heterocycles. The van der Waals surface area contributed by atoms with Crippen molar-refractivity contribution < 1.29 is 31.9 Å². The molecule has 0 saturated carbocycles. The largest absolute Gasteiger partial charge is 0.447 e. The van der Waals surface area contributed by atoms with E-state index in [4.69, 9.17) is 9.15 Å². The molecule has 0 saturated heterocycles. The first-order chi connectivity index (χ1) is 11.2. The fourth-order valence-corrected chi connectivity index (χ4v) is 2.02. The zero-order valence-corrected chi connectivity index (χ0v) is 13.8. The standard InChI is InChI=1S/C15H11BrF3NO4/c1-8(23-14(22)11-5-6-12(16)24-11)13(21)20-10-4-2-3-9(7-10)15(17,18)19/h2-8H,1H3,(H,20,21). The Morgan fingerprint density at radius 3 is 2.54 bits per heavy atom. The van der Waals surface area contributed by atoms with Crippen LogP contribution in [-0.2, 0) is 15.7 Å². The Morgan fingerprint density at radius 1 is 1.25 bits per heavy atom. The third-order valence-corrected chi connectivity index (χ3v) is 3.31. The van der Waals surface area contributed by atoms with E-state index in [-0.39, 0.29) is 11.4 Å². The van der Waals surface area contributed by atoms with Gasteiger partial charge in [0.25, 0.3) is 5.91 Å². The average Bonchev–Trinajstić information content (AvgIpc) is 2.93. The van der Waals surface area contributed by atoms with E-state index in [0.29, 0.717) is 4.67 Å². The normalized spacial score (nSPS) is 12.5. The number of furan rings is 1. The van der Waals surface area contributed by atoms with Crippen molar-refractivity contribution in [1.29, 1.82) is 0 Å². The minimum Gasteiger partial charge on any atom is -0.447 e. The first-order valence-electron chi connectivity index (χ1n) is 6.61. The molecule has 1 N–H and O–H groups in total. The predicted octanol–water partition coefficient (Wildman–Crippen LogP) is 4.24. The molecule has 1 heterocycles. The van der Waals surface area contributed by atoms with Gasteiger partial charge in [0.2, 0.25) is 5.76 Å². The van der Waals surface area contributed by atoms with Crippen molar-refractivity contribution in [1.82, 2.24) is 0 Å². The van der Waals surface area contributed by atoms with E-state index in [1.54, 1.807) is 0 Å². The maximum absolute atomic E-state index is 12.6. The predicted molar refractivity (Wildman–Crippen MR) is 81.4 cm³/mol. The molecular weight excluding hydrogens is 395 g/mol. The molecule has 1 atom stereocenters. The van der Waals surface area contributed by atoms with Crippen LogP contribution in [0.1, 0.15) is 23.0 Å². The summed E-state index contributed by atoms with van der Waals surface area (Å²) >= 11 is 3.02. The lowest BCUT2D eigenvalue weighted by atomic mass is 10.2. The molecule has 2 rings (SSSR count). The lowest BCUT2D eigenvalue weighted by Crippen LogP contribution is -2.30. The Hall–Kier alpha value is -2.29. The molecular formula is C15H11BrF3NO4. The zero-order valence-electron chi connectivity index (χ0n) is 12.2. The summed E-state index contributed by atoms with van der Waals surface area (Å²) < 4.78 is 48.1. The van der Waals surface area contributed by atoms with Crippen LogP contribution in [0.3, 0.4) is 0 Å². The Bertz CT molecular complexity index is 757. The van der Waals surface area contributed by atoms with Gasteiger partial charge in [-0.05, 0) is 53.2 Å². The smallest absolute Gasteiger partial charge is 0.416 e. The SMILES string of the molecule is CC(OC(=O)c1ccc(Br)o1)C(=O)Nc1cccc(C(F)(F)F)c1. The number of carbonyl (C=O) groups is 2. The second-order valence-corrected chi connectivity index (χ2v) is 5.50. The van der Waals surface area contributed by atoms with Crippen molar-refractivity contribution in [3.63, 3.8) is 0 Å². The van der Waals surface area contributed by atoms with E-state index >= 15 is 0 Å². The van der Waals surface area contributed by atoms with Crippen molar-refractivity contribution in [2.75, 3.05) is 5.32 Å². The highest BCUT2D eigenvalue weighted by Gasteiger charge is 2.30. The van der Waals surface area contributed by atoms with Crippen molar-refractivity contribution in [3.8, 4) is 0 Å². The second-order valence-electron chi connectivity index (χ2n) is 4.72. The maximum atomic E-state index is 12.6. The Balaban J connectivity index is 2.00. The van der Waals surface area contributed by atoms with Crippen molar-refractivity contribution in [2.24, 2.45) is 0 Å². The summed E-state index contributed by atoms with van der Waals surface area (Å²) in [6.07, 6.45) is -5.75. The van der Waals surface area contributed by atoms with Crippen LogP contribution in [0.4, 0.5) is 18.9 Å². The number of ether oxygens (including phenoxy) is 1. The van der Waals surface area contributed by atoms with Crippen molar-refractivity contribution in [3.05, 3.63) is 52.4 Å². The van der Waals surface area contributed by atoms with Gasteiger partial charge in [0.05, 0.1) is 5.56 Å². The van der Waals surface area contributed by atoms with Crippen LogP contribution in [0.15, 0.2) is 45.5 Å². The van der Waals surface area contributed by atoms with E-state index in [0.717, 1.165) is 18.2 Å². The summed E-state index contributed by atoms with van der Waals surface area (Å²) in [7, 11) is 0. The number of carbonyl (C=O) groups excluding carboxylic acids is 2. The third kappa shape index (κ3) is 4.60. The second kappa shape index (κ2) is 7.08. The third-order valence-electron chi connectivity index (χ3n) is 2.88. The minimum absolute atomic E-state index is 0.0570. The molecule has 1 unspecified atom stereocenters. The van der Waals surface area contributed by atoms with Crippen LogP contribution >= 0.6 is 15.9 Å². The number of halogens is 4. The summed E-state index contributed by atoms with van der Waals surface area (Å²) in [6.45, 7) is 1.29. The molecule has 2 aromatic rings. The quantitative estimate of drug-likeness (QED) is 0.772. The minimum atomic E-state index is -4.52. The van der Waals surface area contributed by atoms with E-state index in [2.05, 4.69) is 21.2 Å². The highest BCUT2D eigenvalue weighted by Crippen LogP contribution is 2.30. The molecule has 9 heteroatoms. The molecule has 0 aliphatic rings. The molecule has 0 radical (unpaired) electrons. The van der Waals surface area contributed by atoms with E-state index in [1.165, 1.54) is 25.1 Å². The van der Waals surface area contributed by atoms with Crippen molar-refractivity contribution >= 4 is 33.5 Å². The van der Waals surface area contributed by atoms with E-state index in [9.17, 15) is 22.8 Å². The lowest BCUT2D eigenvalue weighted by molar-refractivity contribution is -0.137. The summed E-state index contributed by atoms with van der Waals surface area (Å²) in [5.41, 5.74) is -0.955. The summed E-state index contributed by atoms with van der Waals surface area (Å²) in [6, 6.07) is 6.96. The zero-order chi connectivity index (χ0) is 17.9. The van der Waals surface area contributed by atoms with Crippen molar-refractivity contribution in [2.45, 2.75) is 19.2 Å². The van der Waals surface area contributed by atoms with Crippen LogP contribution in [0.5, 0.6) is 0 Å². The van der Waals surface area contributed by atoms with Gasteiger partial charge in [-0.3, -0.25) is 4.79 Å². The number of benzene rings is 1. The highest BCUT2D eigenvalue weighted by molar-refractivity contribution is 9.10. The molecule has 128 valence electrons. The van der Waals surface area contributed by atoms with Crippen LogP contribution < -0.4 is 5.32 Å². The highest BCUT2D eigenvalue weighted by atomic mass is 79.9. The molecule has 0 bridgehead atoms. The van der Waals surface area contributed by atoms with Gasteiger partial charge in [-0.15, -0.1) is 0 Å². The van der Waals surface area contributed by atoms with E-state index < -0.39 is 29.7 Å². The van der Waals surface area contributed by atoms with Gasteiger partial charge in [0, 0.05) is 5.69 Å². The van der Waals surface area contributed by atoms with Gasteiger partial charge in [0.1, 0.15) is 0 Å². The van der Waals surface area contributed by atoms with Crippen LogP contribution in [0.25, 0.3) is 0 Å². The summed E-state index contributed by atoms with van der Waals surface area (Å²) in [4.78, 5) is 23.7. The van der Waals surface area contributed by atoms with E-state index in [1.807, 2.05) is 0 Å². The van der Waals surface area contributed by atoms with Crippen LogP contribution in [0.2, 0.25) is 0 Å². The average molecular weight is 406 g/mol. The molecule has 5 nitrogen and oxygen atoms in total. The molecule has 0 fully saturated rings. The molecule has 1 aromatic heterocycles. The molecule has 1 aromatic carbocycles. The number of nitrogens with one attached hydrogen (secondary N) is 1. The van der Waals surface area contributed by atoms with Gasteiger partial charge in [-0.1, -0.05) is 6.07 Å². The van der Waals surface area contributed by atoms with Crippen LogP contribution in [-0.4, -0.2) is 18.0 Å². The Labute approximate surface area is 142 Å². The molecule has 1 amide bonds. The van der Waals surface area contributed by atoms with Gasteiger partial charge in [-0.25, -0.2) is 4.79 Å². The summed E-state index contributed by atoms with van der Waals surface area (Å²) in [5, 5.41) is 2.26. The number of esters is 1. The van der Waals surface area contributed by atoms with Gasteiger partial charge in [0.15, 0.2) is 10.8 Å². The lowest BCUT2D eigenvalue weighted by Gasteiger charge is -2.14. The molecule has 24 heavy (non-hydrogen) atoms. The first-order valence-corrected chi connectivity index (χ1v) is 7.40. The fourth-order valence-electron chi connectivity index (χ4n) is 1.71. The van der Waals surface area contributed by atoms with Crippen LogP contribution in [0, 0.1) is 0 Å². The van der Waals surface area contributed by atoms with Gasteiger partial charge >= 0.3 is 12.1 Å². The fraction of sp³-hybridized carbons (Fsp3) is 0.200. The summed E-state index contributed by atoms with van der Waals surface area (Å²) in [5.74, 6) is -1.75. The topological polar surface area (TPSA) is 68.5 Å². The molecule has 0 spiro atoms. The number of hydrogen-bond donors (Lipinski definition) is 1. The maximum Gasteiger partial charge on any atom is 0.416 e. The molecule has 0 aliphatic carbocycles. The number of hydrogen-bond acceptors (Lipinski definition) is 4. The number of alkyl halides is 3. The Morgan fingerprint density at radius 2 is 1.96 bits per heavy atom. The van der Waals surface area contributed by atoms with Gasteiger partial charge < -0.3 is 14.5 Å². The number of amides is 1.